The molecule has 0 aliphatic carbocycles. The van der Waals surface area contributed by atoms with Crippen LogP contribution in [0.3, 0.4) is 0 Å². The molecule has 6 heteroatoms. The molecule has 1 heterocycles. The number of aliphatic hydroxyl groups excluding tert-OH is 1. The van der Waals surface area contributed by atoms with E-state index in [1.807, 2.05) is 13.8 Å². The van der Waals surface area contributed by atoms with Crippen molar-refractivity contribution in [1.82, 2.24) is 15.0 Å². The summed E-state index contributed by atoms with van der Waals surface area (Å²) in [5.74, 6) is -0.590. The first-order valence-electron chi connectivity index (χ1n) is 6.32. The van der Waals surface area contributed by atoms with Crippen LogP contribution in [0.1, 0.15) is 38.1 Å². The summed E-state index contributed by atoms with van der Waals surface area (Å²) in [5.41, 5.74) is 1.46. The second-order valence-corrected chi connectivity index (χ2v) is 4.60. The van der Waals surface area contributed by atoms with Gasteiger partial charge in [-0.1, -0.05) is 25.5 Å². The zero-order valence-electron chi connectivity index (χ0n) is 11.0. The fourth-order valence-electron chi connectivity index (χ4n) is 1.91. The van der Waals surface area contributed by atoms with E-state index in [2.05, 4.69) is 10.3 Å². The maximum atomic E-state index is 10.7. The van der Waals surface area contributed by atoms with Crippen LogP contribution in [0.15, 0.2) is 0 Å². The third-order valence-electron chi connectivity index (χ3n) is 2.83. The molecule has 1 unspecified atom stereocenters. The van der Waals surface area contributed by atoms with Crippen molar-refractivity contribution >= 4 is 5.97 Å². The van der Waals surface area contributed by atoms with Gasteiger partial charge in [-0.05, 0) is 18.8 Å². The number of carboxylic acid groups (broad SMARTS) is 1. The van der Waals surface area contributed by atoms with E-state index in [1.165, 1.54) is 0 Å². The highest BCUT2D eigenvalue weighted by Gasteiger charge is 2.16. The van der Waals surface area contributed by atoms with Crippen LogP contribution in [0, 0.1) is 5.92 Å². The molecule has 0 aromatic carbocycles. The molecule has 2 N–H and O–H groups in total. The summed E-state index contributed by atoms with van der Waals surface area (Å²) in [6.07, 6.45) is 2.33. The highest BCUT2D eigenvalue weighted by atomic mass is 16.4. The summed E-state index contributed by atoms with van der Waals surface area (Å²) in [6, 6.07) is 0. The lowest BCUT2D eigenvalue weighted by Crippen LogP contribution is -2.14. The summed E-state index contributed by atoms with van der Waals surface area (Å²) in [7, 11) is 0. The first-order chi connectivity index (χ1) is 8.58. The normalized spacial score (nSPS) is 12.6. The lowest BCUT2D eigenvalue weighted by Gasteiger charge is -2.12. The van der Waals surface area contributed by atoms with Gasteiger partial charge < -0.3 is 10.2 Å². The Bertz CT molecular complexity index is 390. The first-order valence-corrected chi connectivity index (χ1v) is 6.32. The molecule has 0 aliphatic heterocycles. The van der Waals surface area contributed by atoms with Gasteiger partial charge in [-0.3, -0.25) is 4.79 Å². The Balaban J connectivity index is 2.83. The highest BCUT2D eigenvalue weighted by molar-refractivity contribution is 5.69. The highest BCUT2D eigenvalue weighted by Crippen LogP contribution is 2.13. The van der Waals surface area contributed by atoms with E-state index >= 15 is 0 Å². The molecule has 6 nitrogen and oxygen atoms in total. The Hall–Kier alpha value is -1.43. The van der Waals surface area contributed by atoms with Gasteiger partial charge in [-0.15, -0.1) is 5.10 Å². The Morgan fingerprint density at radius 3 is 2.78 bits per heavy atom. The van der Waals surface area contributed by atoms with Crippen LogP contribution in [0.4, 0.5) is 0 Å². The molecular formula is C12H21N3O3. The van der Waals surface area contributed by atoms with Crippen LogP contribution in [-0.2, 0) is 24.2 Å². The molecule has 0 amide bonds. The monoisotopic (exact) mass is 255 g/mol. The summed E-state index contributed by atoms with van der Waals surface area (Å²) in [5, 5.41) is 25.7. The average molecular weight is 255 g/mol. The van der Waals surface area contributed by atoms with Crippen LogP contribution in [0.25, 0.3) is 0 Å². The molecule has 0 saturated heterocycles. The van der Waals surface area contributed by atoms with E-state index in [9.17, 15) is 4.79 Å². The van der Waals surface area contributed by atoms with E-state index in [4.69, 9.17) is 10.2 Å². The Morgan fingerprint density at radius 2 is 2.22 bits per heavy atom. The molecular weight excluding hydrogens is 234 g/mol. The van der Waals surface area contributed by atoms with Gasteiger partial charge >= 0.3 is 5.97 Å². The molecule has 102 valence electrons. The average Bonchev–Trinajstić information content (AvgIpc) is 2.62. The molecule has 1 atom stereocenters. The Morgan fingerprint density at radius 1 is 1.50 bits per heavy atom. The number of nitrogens with zero attached hydrogens (tertiary/aromatic N) is 3. The minimum Gasteiger partial charge on any atom is -0.481 e. The summed E-state index contributed by atoms with van der Waals surface area (Å²) in [4.78, 5) is 10.7. The fourth-order valence-corrected chi connectivity index (χ4v) is 1.91. The van der Waals surface area contributed by atoms with Crippen LogP contribution in [0.5, 0.6) is 0 Å². The number of aliphatic hydroxyl groups is 1. The predicted molar refractivity (Wildman–Crippen MR) is 66.2 cm³/mol. The largest absolute Gasteiger partial charge is 0.481 e. The standard InChI is InChI=1S/C12H21N3O3/c1-3-4-11-10(7-12(17)18)13-14-15(11)8-9(2)5-6-16/h9,16H,3-8H2,1-2H3,(H,17,18). The van der Waals surface area contributed by atoms with Crippen molar-refractivity contribution in [3.8, 4) is 0 Å². The smallest absolute Gasteiger partial charge is 0.309 e. The molecule has 1 rings (SSSR count). The summed E-state index contributed by atoms with van der Waals surface area (Å²) < 4.78 is 1.78. The Labute approximate surface area is 107 Å². The number of hydrogen-bond acceptors (Lipinski definition) is 4. The van der Waals surface area contributed by atoms with Gasteiger partial charge in [0.15, 0.2) is 0 Å². The molecule has 0 aliphatic rings. The van der Waals surface area contributed by atoms with Gasteiger partial charge in [-0.2, -0.15) is 0 Å². The molecule has 0 fully saturated rings. The second-order valence-electron chi connectivity index (χ2n) is 4.60. The SMILES string of the molecule is CCCc1c(CC(=O)O)nnn1CC(C)CCO. The molecule has 0 spiro atoms. The minimum atomic E-state index is -0.886. The van der Waals surface area contributed by atoms with Crippen molar-refractivity contribution in [3.05, 3.63) is 11.4 Å². The van der Waals surface area contributed by atoms with Gasteiger partial charge in [0.1, 0.15) is 0 Å². The van der Waals surface area contributed by atoms with Crippen molar-refractivity contribution in [2.75, 3.05) is 6.61 Å². The summed E-state index contributed by atoms with van der Waals surface area (Å²) >= 11 is 0. The molecule has 1 aromatic heterocycles. The number of aliphatic carboxylic acids is 1. The third kappa shape index (κ3) is 4.10. The zero-order valence-corrected chi connectivity index (χ0v) is 11.0. The van der Waals surface area contributed by atoms with Crippen LogP contribution in [-0.4, -0.2) is 37.8 Å². The lowest BCUT2D eigenvalue weighted by molar-refractivity contribution is -0.136. The van der Waals surface area contributed by atoms with E-state index in [0.29, 0.717) is 24.6 Å². The summed E-state index contributed by atoms with van der Waals surface area (Å²) in [6.45, 7) is 4.90. The number of carbonyl (C=O) groups is 1. The van der Waals surface area contributed by atoms with Gasteiger partial charge in [0, 0.05) is 13.2 Å². The van der Waals surface area contributed by atoms with Crippen molar-refractivity contribution < 1.29 is 15.0 Å². The van der Waals surface area contributed by atoms with Gasteiger partial charge in [0.2, 0.25) is 0 Å². The van der Waals surface area contributed by atoms with Crippen LogP contribution >= 0.6 is 0 Å². The van der Waals surface area contributed by atoms with Gasteiger partial charge in [0.25, 0.3) is 0 Å². The minimum absolute atomic E-state index is 0.0796. The number of hydrogen-bond donors (Lipinski definition) is 2. The zero-order chi connectivity index (χ0) is 13.5. The van der Waals surface area contributed by atoms with E-state index in [1.54, 1.807) is 4.68 Å². The predicted octanol–water partition coefficient (Wildman–Crippen LogP) is 0.876. The first kappa shape index (κ1) is 14.6. The molecule has 1 aromatic rings. The van der Waals surface area contributed by atoms with Crippen molar-refractivity contribution in [1.29, 1.82) is 0 Å². The van der Waals surface area contributed by atoms with Crippen molar-refractivity contribution in [3.63, 3.8) is 0 Å². The second kappa shape index (κ2) is 7.10. The number of rotatable bonds is 8. The van der Waals surface area contributed by atoms with Gasteiger partial charge in [0.05, 0.1) is 17.8 Å². The van der Waals surface area contributed by atoms with E-state index in [0.717, 1.165) is 18.5 Å². The molecule has 0 bridgehead atoms. The fraction of sp³-hybridized carbons (Fsp3) is 0.750. The molecule has 0 saturated carbocycles. The van der Waals surface area contributed by atoms with Crippen molar-refractivity contribution in [2.24, 2.45) is 5.92 Å². The maximum absolute atomic E-state index is 10.7. The lowest BCUT2D eigenvalue weighted by atomic mass is 10.1. The van der Waals surface area contributed by atoms with Crippen molar-refractivity contribution in [2.45, 2.75) is 46.1 Å². The number of aromatic nitrogens is 3. The van der Waals surface area contributed by atoms with E-state index in [-0.39, 0.29) is 13.0 Å². The van der Waals surface area contributed by atoms with Crippen LogP contribution < -0.4 is 0 Å². The van der Waals surface area contributed by atoms with Crippen LogP contribution in [0.2, 0.25) is 0 Å². The quantitative estimate of drug-likeness (QED) is 0.719. The topological polar surface area (TPSA) is 88.2 Å². The van der Waals surface area contributed by atoms with Gasteiger partial charge in [-0.25, -0.2) is 4.68 Å². The maximum Gasteiger partial charge on any atom is 0.309 e. The van der Waals surface area contributed by atoms with E-state index < -0.39 is 5.97 Å². The number of carboxylic acids is 1. The molecule has 18 heavy (non-hydrogen) atoms. The third-order valence-corrected chi connectivity index (χ3v) is 2.83. The molecule has 0 radical (unpaired) electrons. The Kier molecular flexibility index (Phi) is 5.77.